The molecule has 2 N–H and O–H groups in total. The number of aliphatic imine (C=N–C) groups is 1. The van der Waals surface area contributed by atoms with E-state index in [1.807, 2.05) is 31.4 Å². The molecule has 0 fully saturated rings. The lowest BCUT2D eigenvalue weighted by atomic mass is 10.2. The maximum Gasteiger partial charge on any atom is 0.194 e. The molecule has 0 unspecified atom stereocenters. The summed E-state index contributed by atoms with van der Waals surface area (Å²) in [5, 5.41) is 4.49. The Morgan fingerprint density at radius 3 is 2.66 bits per heavy atom. The van der Waals surface area contributed by atoms with Crippen molar-refractivity contribution in [2.45, 2.75) is 33.7 Å². The first-order chi connectivity index (χ1) is 13.6. The number of hydrogen-bond acceptors (Lipinski definition) is 4. The van der Waals surface area contributed by atoms with Gasteiger partial charge in [0.2, 0.25) is 0 Å². The fourth-order valence-electron chi connectivity index (χ4n) is 3.05. The zero-order valence-corrected chi connectivity index (χ0v) is 20.5. The summed E-state index contributed by atoms with van der Waals surface area (Å²) in [5.41, 5.74) is 3.29. The summed E-state index contributed by atoms with van der Waals surface area (Å²) in [6.07, 6.45) is 2.80. The molecule has 0 aliphatic heterocycles. The van der Waals surface area contributed by atoms with E-state index in [-0.39, 0.29) is 24.0 Å². The molecule has 0 saturated heterocycles. The van der Waals surface area contributed by atoms with E-state index in [0.717, 1.165) is 53.3 Å². The van der Waals surface area contributed by atoms with Crippen molar-refractivity contribution in [1.29, 1.82) is 0 Å². The number of aryl methyl sites for hydroxylation is 2. The van der Waals surface area contributed by atoms with Crippen LogP contribution in [0.4, 0.5) is 0 Å². The smallest absolute Gasteiger partial charge is 0.194 e. The van der Waals surface area contributed by atoms with Gasteiger partial charge in [-0.15, -0.1) is 35.3 Å². The molecule has 2 aromatic heterocycles. The molecule has 0 amide bonds. The first kappa shape index (κ1) is 23.3. The summed E-state index contributed by atoms with van der Waals surface area (Å²) in [6, 6.07) is 10.2. The maximum atomic E-state index is 4.79. The monoisotopic (exact) mass is 524 g/mol. The van der Waals surface area contributed by atoms with E-state index in [4.69, 9.17) is 4.99 Å². The van der Waals surface area contributed by atoms with E-state index in [1.54, 1.807) is 11.3 Å². The number of halogens is 1. The first-order valence-corrected chi connectivity index (χ1v) is 10.4. The van der Waals surface area contributed by atoms with Gasteiger partial charge >= 0.3 is 0 Å². The van der Waals surface area contributed by atoms with Gasteiger partial charge in [-0.25, -0.2) is 9.97 Å². The third kappa shape index (κ3) is 6.53. The van der Waals surface area contributed by atoms with Crippen molar-refractivity contribution >= 4 is 41.3 Å². The second-order valence-corrected chi connectivity index (χ2v) is 7.98. The predicted molar refractivity (Wildman–Crippen MR) is 132 cm³/mol. The SMILES string of the molecule is CCNC(=NCCc1sc(C)nc1C)N(C)Cc1ncc(-c2ccccc2)[nH]1.I. The zero-order chi connectivity index (χ0) is 19.9. The average molecular weight is 524 g/mol. The number of rotatable bonds is 7. The van der Waals surface area contributed by atoms with E-state index < -0.39 is 0 Å². The number of imidazole rings is 1. The van der Waals surface area contributed by atoms with Crippen molar-refractivity contribution in [2.24, 2.45) is 4.99 Å². The van der Waals surface area contributed by atoms with Crippen LogP contribution < -0.4 is 5.32 Å². The fraction of sp³-hybridized carbons (Fsp3) is 0.381. The van der Waals surface area contributed by atoms with Gasteiger partial charge in [0.25, 0.3) is 0 Å². The van der Waals surface area contributed by atoms with Crippen LogP contribution in [-0.4, -0.2) is 45.9 Å². The van der Waals surface area contributed by atoms with E-state index in [9.17, 15) is 0 Å². The highest BCUT2D eigenvalue weighted by Crippen LogP contribution is 2.18. The number of H-pyrrole nitrogens is 1. The molecule has 0 spiro atoms. The van der Waals surface area contributed by atoms with Gasteiger partial charge < -0.3 is 15.2 Å². The second kappa shape index (κ2) is 11.3. The van der Waals surface area contributed by atoms with Crippen LogP contribution in [0.3, 0.4) is 0 Å². The molecular weight excluding hydrogens is 495 g/mol. The van der Waals surface area contributed by atoms with Crippen LogP contribution in [0.15, 0.2) is 41.5 Å². The Hall–Kier alpha value is -1.94. The van der Waals surface area contributed by atoms with E-state index in [0.29, 0.717) is 6.54 Å². The van der Waals surface area contributed by atoms with Crippen molar-refractivity contribution in [3.05, 3.63) is 57.9 Å². The molecule has 0 aliphatic carbocycles. The number of benzene rings is 1. The van der Waals surface area contributed by atoms with Crippen molar-refractivity contribution in [1.82, 2.24) is 25.2 Å². The predicted octanol–water partition coefficient (Wildman–Crippen LogP) is 4.41. The van der Waals surface area contributed by atoms with Crippen LogP contribution in [0.25, 0.3) is 11.3 Å². The molecule has 3 rings (SSSR count). The van der Waals surface area contributed by atoms with Gasteiger partial charge in [0, 0.05) is 31.4 Å². The number of nitrogens with one attached hydrogen (secondary N) is 2. The number of thiazole rings is 1. The van der Waals surface area contributed by atoms with E-state index >= 15 is 0 Å². The van der Waals surface area contributed by atoms with Crippen molar-refractivity contribution in [2.75, 3.05) is 20.1 Å². The number of guanidine groups is 1. The number of hydrogen-bond donors (Lipinski definition) is 2. The molecule has 8 heteroatoms. The largest absolute Gasteiger partial charge is 0.357 e. The molecule has 2 heterocycles. The van der Waals surface area contributed by atoms with Crippen LogP contribution in [0.5, 0.6) is 0 Å². The summed E-state index contributed by atoms with van der Waals surface area (Å²) in [5.74, 6) is 1.81. The highest BCUT2D eigenvalue weighted by atomic mass is 127. The summed E-state index contributed by atoms with van der Waals surface area (Å²) < 4.78 is 0. The quantitative estimate of drug-likeness (QED) is 0.273. The summed E-state index contributed by atoms with van der Waals surface area (Å²) in [6.45, 7) is 8.44. The molecule has 156 valence electrons. The van der Waals surface area contributed by atoms with Crippen LogP contribution in [0, 0.1) is 13.8 Å². The van der Waals surface area contributed by atoms with Gasteiger partial charge in [-0.05, 0) is 26.3 Å². The van der Waals surface area contributed by atoms with Gasteiger partial charge in [0.1, 0.15) is 5.82 Å². The lowest BCUT2D eigenvalue weighted by Gasteiger charge is -2.21. The summed E-state index contributed by atoms with van der Waals surface area (Å²) >= 11 is 1.76. The lowest BCUT2D eigenvalue weighted by Crippen LogP contribution is -2.38. The number of aromatic amines is 1. The standard InChI is InChI=1S/C21H28N6S.HI/c1-5-22-21(23-12-11-19-15(2)25-16(3)28-19)27(4)14-20-24-13-18(26-20)17-9-7-6-8-10-17;/h6-10,13H,5,11-12,14H2,1-4H3,(H,22,23)(H,24,26);1H. The van der Waals surface area contributed by atoms with Crippen LogP contribution in [0.1, 0.15) is 28.3 Å². The van der Waals surface area contributed by atoms with Crippen molar-refractivity contribution in [3.63, 3.8) is 0 Å². The van der Waals surface area contributed by atoms with Crippen LogP contribution in [-0.2, 0) is 13.0 Å². The highest BCUT2D eigenvalue weighted by Gasteiger charge is 2.10. The maximum absolute atomic E-state index is 4.79. The Kier molecular flexibility index (Phi) is 9.09. The Bertz CT molecular complexity index is 918. The molecule has 0 saturated carbocycles. The third-order valence-corrected chi connectivity index (χ3v) is 5.53. The Balaban J connectivity index is 0.00000300. The van der Waals surface area contributed by atoms with E-state index in [2.05, 4.69) is 58.1 Å². The Labute approximate surface area is 193 Å². The van der Waals surface area contributed by atoms with Gasteiger partial charge in [-0.1, -0.05) is 30.3 Å². The van der Waals surface area contributed by atoms with Crippen LogP contribution in [0.2, 0.25) is 0 Å². The number of nitrogens with zero attached hydrogens (tertiary/aromatic N) is 4. The normalized spacial score (nSPS) is 11.2. The molecule has 0 bridgehead atoms. The molecule has 6 nitrogen and oxygen atoms in total. The summed E-state index contributed by atoms with van der Waals surface area (Å²) in [4.78, 5) is 20.6. The van der Waals surface area contributed by atoms with Gasteiger partial charge in [0.15, 0.2) is 5.96 Å². The average Bonchev–Trinajstić information content (AvgIpc) is 3.27. The minimum atomic E-state index is 0. The third-order valence-electron chi connectivity index (χ3n) is 4.40. The van der Waals surface area contributed by atoms with Gasteiger partial charge in [0.05, 0.1) is 29.1 Å². The Morgan fingerprint density at radius 1 is 1.24 bits per heavy atom. The van der Waals surface area contributed by atoms with Crippen molar-refractivity contribution in [3.8, 4) is 11.3 Å². The zero-order valence-electron chi connectivity index (χ0n) is 17.4. The topological polar surface area (TPSA) is 69.2 Å². The molecule has 29 heavy (non-hydrogen) atoms. The van der Waals surface area contributed by atoms with Gasteiger partial charge in [-0.2, -0.15) is 0 Å². The van der Waals surface area contributed by atoms with Crippen LogP contribution >= 0.6 is 35.3 Å². The molecule has 0 atom stereocenters. The molecule has 0 aliphatic rings. The minimum Gasteiger partial charge on any atom is -0.357 e. The first-order valence-electron chi connectivity index (χ1n) is 9.58. The molecule has 0 radical (unpaired) electrons. The van der Waals surface area contributed by atoms with Gasteiger partial charge in [-0.3, -0.25) is 4.99 Å². The van der Waals surface area contributed by atoms with E-state index in [1.165, 1.54) is 4.88 Å². The lowest BCUT2D eigenvalue weighted by molar-refractivity contribution is 0.464. The van der Waals surface area contributed by atoms with Crippen molar-refractivity contribution < 1.29 is 0 Å². The number of aromatic nitrogens is 3. The molecule has 1 aromatic carbocycles. The fourth-order valence-corrected chi connectivity index (χ4v) is 3.97. The minimum absolute atomic E-state index is 0. The Morgan fingerprint density at radius 2 is 2.00 bits per heavy atom. The molecule has 3 aromatic rings. The highest BCUT2D eigenvalue weighted by molar-refractivity contribution is 14.0. The second-order valence-electron chi connectivity index (χ2n) is 6.69. The molecular formula is C21H29IN6S. The summed E-state index contributed by atoms with van der Waals surface area (Å²) in [7, 11) is 2.04.